The van der Waals surface area contributed by atoms with Crippen molar-refractivity contribution in [1.82, 2.24) is 4.90 Å². The summed E-state index contributed by atoms with van der Waals surface area (Å²) in [7, 11) is 0. The van der Waals surface area contributed by atoms with E-state index in [2.05, 4.69) is 6.92 Å². The van der Waals surface area contributed by atoms with Gasteiger partial charge in [-0.05, 0) is 13.3 Å². The molecule has 0 aliphatic carbocycles. The molecule has 0 spiro atoms. The van der Waals surface area contributed by atoms with Gasteiger partial charge in [0.25, 0.3) is 0 Å². The number of amides is 2. The number of aromatic nitrogens is 1. The van der Waals surface area contributed by atoms with Crippen LogP contribution in [0.2, 0.25) is 0 Å². The summed E-state index contributed by atoms with van der Waals surface area (Å²) >= 11 is 0. The predicted molar refractivity (Wildman–Crippen MR) is 139 cm³/mol. The first-order valence-corrected chi connectivity index (χ1v) is 14.0. The first-order chi connectivity index (χ1) is 16.6. The summed E-state index contributed by atoms with van der Waals surface area (Å²) in [5, 5.41) is 0. The molecule has 0 N–H and O–H groups in total. The van der Waals surface area contributed by atoms with Crippen molar-refractivity contribution in [2.75, 3.05) is 6.61 Å². The van der Waals surface area contributed by atoms with Crippen molar-refractivity contribution >= 4 is 12.0 Å². The minimum atomic E-state index is -0.542. The topological polar surface area (TPSA) is 50.5 Å². The van der Waals surface area contributed by atoms with Crippen LogP contribution in [0.5, 0.6) is 0 Å². The van der Waals surface area contributed by atoms with E-state index in [0.717, 1.165) is 25.1 Å². The number of hydrogen-bond acceptors (Lipinski definition) is 3. The third-order valence-electron chi connectivity index (χ3n) is 6.52. The molecule has 0 saturated carbocycles. The van der Waals surface area contributed by atoms with Gasteiger partial charge < -0.3 is 4.74 Å². The van der Waals surface area contributed by atoms with Gasteiger partial charge in [-0.1, -0.05) is 109 Å². The first kappa shape index (κ1) is 30.1. The summed E-state index contributed by atoms with van der Waals surface area (Å²) in [4.78, 5) is 25.6. The Labute approximate surface area is 209 Å². The largest absolute Gasteiger partial charge is 0.449 e. The predicted octanol–water partition coefficient (Wildman–Crippen LogP) is 7.74. The third-order valence-corrected chi connectivity index (χ3v) is 6.52. The quantitative estimate of drug-likeness (QED) is 0.143. The first-order valence-electron chi connectivity index (χ1n) is 14.0. The lowest BCUT2D eigenvalue weighted by Gasteiger charge is -2.17. The standard InChI is InChI=1S/C29H51N2O3/c1-4-6-7-8-9-10-11-12-13-14-15-16-17-18-19-22-25-34-29(33)31(27(3)32)26-28-23-20-21-24-30(28)5-2/h20-21,23-24H,4-19,22,25-26H2,1-3H3/q+1. The number of carbonyl (C=O) groups excluding carboxylic acids is 2. The second-order valence-corrected chi connectivity index (χ2v) is 9.50. The molecular weight excluding hydrogens is 424 g/mol. The Hall–Kier alpha value is -1.91. The maximum absolute atomic E-state index is 12.4. The third kappa shape index (κ3) is 14.4. The molecule has 1 aromatic rings. The molecule has 1 rings (SSSR count). The summed E-state index contributed by atoms with van der Waals surface area (Å²) < 4.78 is 7.41. The lowest BCUT2D eigenvalue weighted by molar-refractivity contribution is -0.701. The van der Waals surface area contributed by atoms with E-state index < -0.39 is 6.09 Å². The van der Waals surface area contributed by atoms with Gasteiger partial charge in [-0.2, -0.15) is 0 Å². The smallest absolute Gasteiger partial charge is 0.417 e. The number of rotatable bonds is 20. The van der Waals surface area contributed by atoms with Gasteiger partial charge in [-0.15, -0.1) is 0 Å². The number of ether oxygens (including phenoxy) is 1. The van der Waals surface area contributed by atoms with Crippen molar-refractivity contribution in [3.8, 4) is 0 Å². The SMILES string of the molecule is CCCCCCCCCCCCCCCCCCOC(=O)N(Cc1cccc[n+]1CC)C(C)=O. The maximum Gasteiger partial charge on any atom is 0.417 e. The molecule has 34 heavy (non-hydrogen) atoms. The highest BCUT2D eigenvalue weighted by Crippen LogP contribution is 2.14. The molecule has 0 atom stereocenters. The Bertz CT molecular complexity index is 663. The molecule has 5 nitrogen and oxygen atoms in total. The summed E-state index contributed by atoms with van der Waals surface area (Å²) in [6, 6.07) is 5.80. The van der Waals surface area contributed by atoms with Gasteiger partial charge in [0.2, 0.25) is 11.6 Å². The summed E-state index contributed by atoms with van der Waals surface area (Å²) in [6.45, 7) is 7.13. The number of pyridine rings is 1. The summed E-state index contributed by atoms with van der Waals surface area (Å²) in [6.07, 6.45) is 22.4. The van der Waals surface area contributed by atoms with Gasteiger partial charge in [0.15, 0.2) is 6.20 Å². The Kier molecular flexibility index (Phi) is 18.1. The van der Waals surface area contributed by atoms with Crippen LogP contribution in [-0.4, -0.2) is 23.5 Å². The average molecular weight is 476 g/mol. The number of aryl methyl sites for hydroxylation is 1. The van der Waals surface area contributed by atoms with Crippen LogP contribution in [0.25, 0.3) is 0 Å². The van der Waals surface area contributed by atoms with Crippen LogP contribution in [-0.2, 0) is 22.6 Å². The molecule has 0 aliphatic heterocycles. The molecule has 0 aromatic carbocycles. The molecule has 5 heteroatoms. The number of carbonyl (C=O) groups is 2. The zero-order chi connectivity index (χ0) is 24.9. The fourth-order valence-electron chi connectivity index (χ4n) is 4.32. The molecule has 2 amide bonds. The number of imide groups is 1. The van der Waals surface area contributed by atoms with Crippen LogP contribution in [0.1, 0.15) is 129 Å². The normalized spacial score (nSPS) is 10.9. The Morgan fingerprint density at radius 3 is 1.74 bits per heavy atom. The van der Waals surface area contributed by atoms with Crippen LogP contribution in [0.3, 0.4) is 0 Å². The molecule has 0 radical (unpaired) electrons. The van der Waals surface area contributed by atoms with E-state index in [-0.39, 0.29) is 12.5 Å². The Morgan fingerprint density at radius 1 is 0.765 bits per heavy atom. The maximum atomic E-state index is 12.4. The monoisotopic (exact) mass is 475 g/mol. The minimum Gasteiger partial charge on any atom is -0.449 e. The highest BCUT2D eigenvalue weighted by molar-refractivity contribution is 5.90. The molecule has 0 fully saturated rings. The number of nitrogens with zero attached hydrogens (tertiary/aromatic N) is 2. The van der Waals surface area contributed by atoms with E-state index >= 15 is 0 Å². The molecule has 194 valence electrons. The summed E-state index contributed by atoms with van der Waals surface area (Å²) in [5.41, 5.74) is 0.916. The Balaban J connectivity index is 2.01. The molecule has 0 bridgehead atoms. The van der Waals surface area contributed by atoms with E-state index in [1.807, 2.05) is 35.9 Å². The van der Waals surface area contributed by atoms with Crippen LogP contribution < -0.4 is 4.57 Å². The van der Waals surface area contributed by atoms with Crippen molar-refractivity contribution in [2.24, 2.45) is 0 Å². The lowest BCUT2D eigenvalue weighted by atomic mass is 10.0. The highest BCUT2D eigenvalue weighted by Gasteiger charge is 2.23. The van der Waals surface area contributed by atoms with Crippen molar-refractivity contribution in [3.05, 3.63) is 30.1 Å². The minimum absolute atomic E-state index is 0.238. The summed E-state index contributed by atoms with van der Waals surface area (Å²) in [5.74, 6) is -0.288. The zero-order valence-electron chi connectivity index (χ0n) is 22.4. The van der Waals surface area contributed by atoms with E-state index in [4.69, 9.17) is 4.74 Å². The van der Waals surface area contributed by atoms with Gasteiger partial charge in [0.1, 0.15) is 13.1 Å². The average Bonchev–Trinajstić information content (AvgIpc) is 2.84. The fraction of sp³-hybridized carbons (Fsp3) is 0.759. The van der Waals surface area contributed by atoms with E-state index in [1.54, 1.807) is 0 Å². The molecular formula is C29H51N2O3+. The van der Waals surface area contributed by atoms with Crippen molar-refractivity contribution < 1.29 is 18.9 Å². The Morgan fingerprint density at radius 2 is 1.26 bits per heavy atom. The van der Waals surface area contributed by atoms with Crippen LogP contribution in [0, 0.1) is 0 Å². The van der Waals surface area contributed by atoms with Gasteiger partial charge in [0, 0.05) is 19.1 Å². The van der Waals surface area contributed by atoms with E-state index in [1.165, 1.54) is 102 Å². The molecule has 0 aliphatic rings. The molecule has 0 unspecified atom stereocenters. The number of hydrogen-bond donors (Lipinski definition) is 0. The van der Waals surface area contributed by atoms with Crippen LogP contribution in [0.4, 0.5) is 4.79 Å². The van der Waals surface area contributed by atoms with Gasteiger partial charge in [0.05, 0.1) is 6.61 Å². The van der Waals surface area contributed by atoms with E-state index in [0.29, 0.717) is 6.61 Å². The van der Waals surface area contributed by atoms with Gasteiger partial charge in [-0.25, -0.2) is 14.3 Å². The second-order valence-electron chi connectivity index (χ2n) is 9.50. The van der Waals surface area contributed by atoms with Crippen LogP contribution >= 0.6 is 0 Å². The molecule has 0 saturated heterocycles. The fourth-order valence-corrected chi connectivity index (χ4v) is 4.32. The van der Waals surface area contributed by atoms with Gasteiger partial charge >= 0.3 is 6.09 Å². The van der Waals surface area contributed by atoms with Gasteiger partial charge in [-0.3, -0.25) is 4.79 Å². The zero-order valence-corrected chi connectivity index (χ0v) is 22.4. The van der Waals surface area contributed by atoms with Crippen molar-refractivity contribution in [3.63, 3.8) is 0 Å². The second kappa shape index (κ2) is 20.5. The van der Waals surface area contributed by atoms with Crippen molar-refractivity contribution in [2.45, 2.75) is 137 Å². The van der Waals surface area contributed by atoms with E-state index in [9.17, 15) is 9.59 Å². The van der Waals surface area contributed by atoms with Crippen molar-refractivity contribution in [1.29, 1.82) is 0 Å². The molecule has 1 heterocycles. The molecule has 1 aromatic heterocycles. The number of unbranched alkanes of at least 4 members (excludes halogenated alkanes) is 15. The lowest BCUT2D eigenvalue weighted by Crippen LogP contribution is -2.43. The highest BCUT2D eigenvalue weighted by atomic mass is 16.6. The van der Waals surface area contributed by atoms with Crippen LogP contribution in [0.15, 0.2) is 24.4 Å².